The standard InChI is InChI=1S/C18H18N2O5/c1-11(21)12-4-6-13(7-5-12)19-17(22)18(23)20-15-9-8-14(24-2)10-16(15)25-3/h4-10H,1-3H3,(H,19,22)(H,20,23). The van der Waals surface area contributed by atoms with Gasteiger partial charge in [0.1, 0.15) is 11.5 Å². The number of ether oxygens (including phenoxy) is 2. The maximum absolute atomic E-state index is 12.1. The molecule has 0 aromatic heterocycles. The van der Waals surface area contributed by atoms with Crippen LogP contribution in [0.5, 0.6) is 11.5 Å². The molecule has 2 rings (SSSR count). The normalized spacial score (nSPS) is 9.88. The number of benzene rings is 2. The lowest BCUT2D eigenvalue weighted by atomic mass is 10.1. The van der Waals surface area contributed by atoms with Crippen molar-refractivity contribution >= 4 is 29.0 Å². The zero-order valence-corrected chi connectivity index (χ0v) is 14.1. The lowest BCUT2D eigenvalue weighted by Crippen LogP contribution is -2.29. The lowest BCUT2D eigenvalue weighted by Gasteiger charge is -2.11. The number of methoxy groups -OCH3 is 2. The topological polar surface area (TPSA) is 93.7 Å². The third kappa shape index (κ3) is 4.57. The van der Waals surface area contributed by atoms with E-state index in [1.54, 1.807) is 42.5 Å². The molecule has 2 amide bonds. The van der Waals surface area contributed by atoms with Gasteiger partial charge >= 0.3 is 11.8 Å². The number of anilines is 2. The van der Waals surface area contributed by atoms with Gasteiger partial charge in [0.15, 0.2) is 5.78 Å². The Morgan fingerprint density at radius 3 is 2.04 bits per heavy atom. The average molecular weight is 342 g/mol. The van der Waals surface area contributed by atoms with E-state index in [0.717, 1.165) is 0 Å². The third-order valence-electron chi connectivity index (χ3n) is 3.41. The summed E-state index contributed by atoms with van der Waals surface area (Å²) in [7, 11) is 2.96. The zero-order valence-electron chi connectivity index (χ0n) is 14.1. The molecule has 0 aliphatic carbocycles. The Morgan fingerprint density at radius 1 is 0.840 bits per heavy atom. The molecule has 0 aliphatic rings. The number of carbonyl (C=O) groups is 3. The van der Waals surface area contributed by atoms with Gasteiger partial charge in [0.2, 0.25) is 0 Å². The maximum Gasteiger partial charge on any atom is 0.314 e. The van der Waals surface area contributed by atoms with Crippen LogP contribution >= 0.6 is 0 Å². The van der Waals surface area contributed by atoms with E-state index in [9.17, 15) is 14.4 Å². The van der Waals surface area contributed by atoms with Gasteiger partial charge < -0.3 is 20.1 Å². The van der Waals surface area contributed by atoms with Crippen LogP contribution in [0.3, 0.4) is 0 Å². The summed E-state index contributed by atoms with van der Waals surface area (Å²) in [5.41, 5.74) is 1.27. The second-order valence-corrected chi connectivity index (χ2v) is 5.11. The number of hydrogen-bond donors (Lipinski definition) is 2. The number of nitrogens with one attached hydrogen (secondary N) is 2. The summed E-state index contributed by atoms with van der Waals surface area (Å²) in [5, 5.41) is 4.94. The first-order valence-electron chi connectivity index (χ1n) is 7.40. The van der Waals surface area contributed by atoms with Crippen molar-refractivity contribution in [1.29, 1.82) is 0 Å². The summed E-state index contributed by atoms with van der Waals surface area (Å²) < 4.78 is 10.2. The van der Waals surface area contributed by atoms with Gasteiger partial charge in [-0.2, -0.15) is 0 Å². The van der Waals surface area contributed by atoms with Crippen LogP contribution in [-0.2, 0) is 9.59 Å². The van der Waals surface area contributed by atoms with Crippen LogP contribution in [0.4, 0.5) is 11.4 Å². The Balaban J connectivity index is 2.05. The summed E-state index contributed by atoms with van der Waals surface area (Å²) in [4.78, 5) is 35.3. The fraction of sp³-hybridized carbons (Fsp3) is 0.167. The molecule has 0 aliphatic heterocycles. The Bertz CT molecular complexity index is 800. The average Bonchev–Trinajstić information content (AvgIpc) is 2.62. The van der Waals surface area contributed by atoms with E-state index in [0.29, 0.717) is 28.4 Å². The Morgan fingerprint density at radius 2 is 1.48 bits per heavy atom. The molecule has 7 heteroatoms. The summed E-state index contributed by atoms with van der Waals surface area (Å²) in [5.74, 6) is -0.842. The van der Waals surface area contributed by atoms with Crippen LogP contribution in [0.1, 0.15) is 17.3 Å². The van der Waals surface area contributed by atoms with Crippen LogP contribution in [0.15, 0.2) is 42.5 Å². The van der Waals surface area contributed by atoms with E-state index in [1.807, 2.05) is 0 Å². The van der Waals surface area contributed by atoms with Gasteiger partial charge in [-0.3, -0.25) is 14.4 Å². The molecule has 0 heterocycles. The van der Waals surface area contributed by atoms with Crippen molar-refractivity contribution in [3.63, 3.8) is 0 Å². The molecule has 0 atom stereocenters. The van der Waals surface area contributed by atoms with Crippen LogP contribution in [-0.4, -0.2) is 31.8 Å². The van der Waals surface area contributed by atoms with Gasteiger partial charge in [-0.25, -0.2) is 0 Å². The number of hydrogen-bond acceptors (Lipinski definition) is 5. The van der Waals surface area contributed by atoms with Gasteiger partial charge in [-0.1, -0.05) is 0 Å². The maximum atomic E-state index is 12.1. The molecule has 130 valence electrons. The highest BCUT2D eigenvalue weighted by Crippen LogP contribution is 2.28. The summed E-state index contributed by atoms with van der Waals surface area (Å²) in [6.07, 6.45) is 0. The second kappa shape index (κ2) is 7.96. The molecule has 0 bridgehead atoms. The minimum Gasteiger partial charge on any atom is -0.497 e. The number of carbonyl (C=O) groups excluding carboxylic acids is 3. The first-order chi connectivity index (χ1) is 11.9. The fourth-order valence-corrected chi connectivity index (χ4v) is 2.06. The number of amides is 2. The lowest BCUT2D eigenvalue weighted by molar-refractivity contribution is -0.133. The minimum atomic E-state index is -0.848. The number of ketones is 1. The highest BCUT2D eigenvalue weighted by Gasteiger charge is 2.16. The van der Waals surface area contributed by atoms with E-state index in [2.05, 4.69) is 10.6 Å². The first kappa shape index (κ1) is 18.0. The number of rotatable bonds is 5. The molecule has 0 radical (unpaired) electrons. The van der Waals surface area contributed by atoms with Crippen molar-refractivity contribution in [2.75, 3.05) is 24.9 Å². The second-order valence-electron chi connectivity index (χ2n) is 5.11. The molecule has 0 saturated heterocycles. The van der Waals surface area contributed by atoms with E-state index in [1.165, 1.54) is 21.1 Å². The quantitative estimate of drug-likeness (QED) is 0.643. The predicted octanol–water partition coefficient (Wildman–Crippen LogP) is 2.48. The first-order valence-corrected chi connectivity index (χ1v) is 7.40. The van der Waals surface area contributed by atoms with Gasteiger partial charge in [0.25, 0.3) is 0 Å². The highest BCUT2D eigenvalue weighted by molar-refractivity contribution is 6.43. The molecular formula is C18H18N2O5. The van der Waals surface area contributed by atoms with Crippen LogP contribution in [0.2, 0.25) is 0 Å². The van der Waals surface area contributed by atoms with Crippen molar-refractivity contribution in [1.82, 2.24) is 0 Å². The Kier molecular flexibility index (Phi) is 5.73. The van der Waals surface area contributed by atoms with Crippen molar-refractivity contribution in [2.24, 2.45) is 0 Å². The van der Waals surface area contributed by atoms with E-state index in [-0.39, 0.29) is 5.78 Å². The van der Waals surface area contributed by atoms with E-state index < -0.39 is 11.8 Å². The van der Waals surface area contributed by atoms with Crippen molar-refractivity contribution < 1.29 is 23.9 Å². The monoisotopic (exact) mass is 342 g/mol. The minimum absolute atomic E-state index is 0.0813. The largest absolute Gasteiger partial charge is 0.497 e. The van der Waals surface area contributed by atoms with Crippen LogP contribution < -0.4 is 20.1 Å². The molecule has 0 saturated carbocycles. The molecular weight excluding hydrogens is 324 g/mol. The zero-order chi connectivity index (χ0) is 18.4. The molecule has 0 spiro atoms. The van der Waals surface area contributed by atoms with Crippen molar-refractivity contribution in [2.45, 2.75) is 6.92 Å². The molecule has 7 nitrogen and oxygen atoms in total. The number of Topliss-reactive ketones (excluding diaryl/α,β-unsaturated/α-hetero) is 1. The van der Waals surface area contributed by atoms with Gasteiger partial charge in [-0.05, 0) is 43.3 Å². The summed E-state index contributed by atoms with van der Waals surface area (Å²) in [6.45, 7) is 1.45. The summed E-state index contributed by atoms with van der Waals surface area (Å²) in [6, 6.07) is 11.0. The predicted molar refractivity (Wildman–Crippen MR) is 93.3 cm³/mol. The Labute approximate surface area is 144 Å². The third-order valence-corrected chi connectivity index (χ3v) is 3.41. The highest BCUT2D eigenvalue weighted by atomic mass is 16.5. The van der Waals surface area contributed by atoms with Crippen molar-refractivity contribution in [3.8, 4) is 11.5 Å². The molecule has 0 fully saturated rings. The molecule has 0 unspecified atom stereocenters. The Hall–Kier alpha value is -3.35. The molecule has 2 aromatic rings. The molecule has 2 N–H and O–H groups in total. The van der Waals surface area contributed by atoms with Gasteiger partial charge in [0, 0.05) is 17.3 Å². The van der Waals surface area contributed by atoms with E-state index >= 15 is 0 Å². The van der Waals surface area contributed by atoms with Crippen molar-refractivity contribution in [3.05, 3.63) is 48.0 Å². The molecule has 25 heavy (non-hydrogen) atoms. The fourth-order valence-electron chi connectivity index (χ4n) is 2.06. The smallest absolute Gasteiger partial charge is 0.314 e. The van der Waals surface area contributed by atoms with Crippen LogP contribution in [0, 0.1) is 0 Å². The molecule has 2 aromatic carbocycles. The SMILES string of the molecule is COc1ccc(NC(=O)C(=O)Nc2ccc(C(C)=O)cc2)c(OC)c1. The summed E-state index contributed by atoms with van der Waals surface area (Å²) >= 11 is 0. The van der Waals surface area contributed by atoms with E-state index in [4.69, 9.17) is 9.47 Å². The van der Waals surface area contributed by atoms with Gasteiger partial charge in [-0.15, -0.1) is 0 Å². The van der Waals surface area contributed by atoms with Crippen LogP contribution in [0.25, 0.3) is 0 Å². The van der Waals surface area contributed by atoms with Gasteiger partial charge in [0.05, 0.1) is 19.9 Å².